The van der Waals surface area contributed by atoms with Crippen molar-refractivity contribution >= 4 is 8.32 Å². The summed E-state index contributed by atoms with van der Waals surface area (Å²) in [6.07, 6.45) is 3.84. The van der Waals surface area contributed by atoms with Crippen LogP contribution in [0.3, 0.4) is 0 Å². The lowest BCUT2D eigenvalue weighted by Gasteiger charge is -2.32. The molecule has 22 heavy (non-hydrogen) atoms. The first-order chi connectivity index (χ1) is 10.3. The molecule has 0 aliphatic carbocycles. The lowest BCUT2D eigenvalue weighted by molar-refractivity contribution is 0.304. The zero-order valence-corrected chi connectivity index (χ0v) is 17.3. The van der Waals surface area contributed by atoms with Crippen LogP contribution in [0, 0.1) is 0 Å². The minimum absolute atomic E-state index is 0.887. The SMILES string of the molecule is CCO[Si](CCCN(C)C)(CCCN(C)C)CCCN(C)C. The van der Waals surface area contributed by atoms with Gasteiger partial charge in [0.2, 0.25) is 0 Å². The second kappa shape index (κ2) is 12.5. The standard InChI is InChI=1S/C17H41N3OSi/c1-8-21-22(15-9-12-18(2)3,16-10-13-19(4)5)17-11-14-20(6)7/h8-17H2,1-7H3. The highest BCUT2D eigenvalue weighted by Gasteiger charge is 2.33. The molecule has 0 amide bonds. The molecule has 0 fully saturated rings. The molecule has 0 N–H and O–H groups in total. The van der Waals surface area contributed by atoms with Crippen LogP contribution in [0.25, 0.3) is 0 Å². The molecule has 5 heteroatoms. The predicted octanol–water partition coefficient (Wildman–Crippen LogP) is 2.82. The van der Waals surface area contributed by atoms with Gasteiger partial charge in [0.05, 0.1) is 0 Å². The zero-order valence-electron chi connectivity index (χ0n) is 16.3. The first kappa shape index (κ1) is 22.1. The molecule has 0 aromatic carbocycles. The largest absolute Gasteiger partial charge is 0.417 e. The first-order valence-corrected chi connectivity index (χ1v) is 11.4. The van der Waals surface area contributed by atoms with Gasteiger partial charge in [-0.1, -0.05) is 0 Å². The van der Waals surface area contributed by atoms with E-state index in [0.717, 1.165) is 6.61 Å². The van der Waals surface area contributed by atoms with Crippen LogP contribution >= 0.6 is 0 Å². The van der Waals surface area contributed by atoms with Gasteiger partial charge in [-0.2, -0.15) is 0 Å². The van der Waals surface area contributed by atoms with Crippen LogP contribution in [-0.2, 0) is 4.43 Å². The molecular formula is C17H41N3OSi. The van der Waals surface area contributed by atoms with Crippen molar-refractivity contribution in [2.75, 3.05) is 68.5 Å². The van der Waals surface area contributed by atoms with Crippen molar-refractivity contribution in [1.82, 2.24) is 14.7 Å². The van der Waals surface area contributed by atoms with Crippen molar-refractivity contribution < 1.29 is 4.43 Å². The molecule has 0 bridgehead atoms. The summed E-state index contributed by atoms with van der Waals surface area (Å²) >= 11 is 0. The Balaban J connectivity index is 4.60. The first-order valence-electron chi connectivity index (χ1n) is 8.89. The van der Waals surface area contributed by atoms with E-state index in [1.165, 1.54) is 57.0 Å². The van der Waals surface area contributed by atoms with Gasteiger partial charge in [0.15, 0.2) is 8.32 Å². The van der Waals surface area contributed by atoms with E-state index in [2.05, 4.69) is 63.9 Å². The summed E-state index contributed by atoms with van der Waals surface area (Å²) < 4.78 is 6.46. The molecule has 0 saturated heterocycles. The van der Waals surface area contributed by atoms with Crippen LogP contribution < -0.4 is 0 Å². The second-order valence-corrected chi connectivity index (χ2v) is 11.5. The average Bonchev–Trinajstić information content (AvgIpc) is 2.37. The second-order valence-electron chi connectivity index (χ2n) is 7.34. The van der Waals surface area contributed by atoms with Crippen molar-refractivity contribution in [1.29, 1.82) is 0 Å². The smallest absolute Gasteiger partial charge is 0.192 e. The molecule has 0 atom stereocenters. The summed E-state index contributed by atoms with van der Waals surface area (Å²) in [7, 11) is 11.4. The molecule has 4 nitrogen and oxygen atoms in total. The van der Waals surface area contributed by atoms with Crippen LogP contribution in [0.15, 0.2) is 0 Å². The molecule has 0 unspecified atom stereocenters. The van der Waals surface area contributed by atoms with Crippen molar-refractivity contribution in [3.63, 3.8) is 0 Å². The molecule has 0 spiro atoms. The van der Waals surface area contributed by atoms with Gasteiger partial charge in [-0.05, 0) is 106 Å². The van der Waals surface area contributed by atoms with Crippen LogP contribution in [0.1, 0.15) is 26.2 Å². The lowest BCUT2D eigenvalue weighted by atomic mass is 10.4. The Morgan fingerprint density at radius 1 is 0.636 bits per heavy atom. The van der Waals surface area contributed by atoms with Crippen LogP contribution in [0.5, 0.6) is 0 Å². The highest BCUT2D eigenvalue weighted by Crippen LogP contribution is 2.28. The fraction of sp³-hybridized carbons (Fsp3) is 1.00. The Morgan fingerprint density at radius 2 is 0.955 bits per heavy atom. The van der Waals surface area contributed by atoms with Gasteiger partial charge in [0.25, 0.3) is 0 Å². The van der Waals surface area contributed by atoms with Gasteiger partial charge in [0, 0.05) is 6.61 Å². The van der Waals surface area contributed by atoms with E-state index < -0.39 is 8.32 Å². The third kappa shape index (κ3) is 11.6. The Kier molecular flexibility index (Phi) is 12.5. The highest BCUT2D eigenvalue weighted by atomic mass is 28.4. The van der Waals surface area contributed by atoms with Gasteiger partial charge >= 0.3 is 0 Å². The molecular weight excluding hydrogens is 290 g/mol. The van der Waals surface area contributed by atoms with Crippen molar-refractivity contribution in [3.8, 4) is 0 Å². The summed E-state index contributed by atoms with van der Waals surface area (Å²) in [5.41, 5.74) is 0. The fourth-order valence-corrected chi connectivity index (χ4v) is 7.25. The lowest BCUT2D eigenvalue weighted by Crippen LogP contribution is -2.40. The quantitative estimate of drug-likeness (QED) is 0.456. The average molecular weight is 332 g/mol. The van der Waals surface area contributed by atoms with E-state index in [4.69, 9.17) is 4.43 Å². The van der Waals surface area contributed by atoms with E-state index in [1.807, 2.05) is 0 Å². The van der Waals surface area contributed by atoms with E-state index >= 15 is 0 Å². The maximum Gasteiger partial charge on any atom is 0.192 e. The normalized spacial score (nSPS) is 12.8. The topological polar surface area (TPSA) is 19.0 Å². The van der Waals surface area contributed by atoms with Gasteiger partial charge in [-0.25, -0.2) is 0 Å². The van der Waals surface area contributed by atoms with E-state index in [0.29, 0.717) is 0 Å². The van der Waals surface area contributed by atoms with Gasteiger partial charge in [-0.3, -0.25) is 0 Å². The third-order valence-electron chi connectivity index (χ3n) is 4.16. The van der Waals surface area contributed by atoms with Crippen molar-refractivity contribution in [2.24, 2.45) is 0 Å². The van der Waals surface area contributed by atoms with E-state index in [9.17, 15) is 0 Å². The molecule has 0 heterocycles. The minimum atomic E-state index is -1.58. The van der Waals surface area contributed by atoms with E-state index in [1.54, 1.807) is 0 Å². The third-order valence-corrected chi connectivity index (χ3v) is 8.86. The minimum Gasteiger partial charge on any atom is -0.417 e. The molecule has 0 aliphatic rings. The Morgan fingerprint density at radius 3 is 1.18 bits per heavy atom. The molecule has 0 radical (unpaired) electrons. The molecule has 0 aliphatic heterocycles. The van der Waals surface area contributed by atoms with E-state index in [-0.39, 0.29) is 0 Å². The summed E-state index contributed by atoms with van der Waals surface area (Å²) in [6.45, 7) is 6.61. The summed E-state index contributed by atoms with van der Waals surface area (Å²) in [6, 6.07) is 3.96. The number of hydrogen-bond acceptors (Lipinski definition) is 4. The molecule has 0 aromatic heterocycles. The van der Waals surface area contributed by atoms with Gasteiger partial charge < -0.3 is 19.1 Å². The number of rotatable bonds is 14. The van der Waals surface area contributed by atoms with Crippen LogP contribution in [-0.4, -0.2) is 91.5 Å². The molecule has 0 saturated carbocycles. The summed E-state index contributed by atoms with van der Waals surface area (Å²) in [5.74, 6) is 0. The fourth-order valence-electron chi connectivity index (χ4n) is 3.05. The monoisotopic (exact) mass is 331 g/mol. The maximum atomic E-state index is 6.46. The van der Waals surface area contributed by atoms with Crippen LogP contribution in [0.2, 0.25) is 18.1 Å². The van der Waals surface area contributed by atoms with Crippen molar-refractivity contribution in [2.45, 2.75) is 44.3 Å². The molecule has 0 aromatic rings. The van der Waals surface area contributed by atoms with Crippen molar-refractivity contribution in [3.05, 3.63) is 0 Å². The number of nitrogens with zero attached hydrogens (tertiary/aromatic N) is 3. The molecule has 134 valence electrons. The highest BCUT2D eigenvalue weighted by molar-refractivity contribution is 6.73. The summed E-state index contributed by atoms with van der Waals surface area (Å²) in [5, 5.41) is 0. The summed E-state index contributed by atoms with van der Waals surface area (Å²) in [4.78, 5) is 6.89. The maximum absolute atomic E-state index is 6.46. The predicted molar refractivity (Wildman–Crippen MR) is 101 cm³/mol. The van der Waals surface area contributed by atoms with Crippen LogP contribution in [0.4, 0.5) is 0 Å². The van der Waals surface area contributed by atoms with Gasteiger partial charge in [0.1, 0.15) is 0 Å². The zero-order chi connectivity index (χ0) is 17.0. The molecule has 0 rings (SSSR count). The van der Waals surface area contributed by atoms with Gasteiger partial charge in [-0.15, -0.1) is 0 Å². The Labute approximate surface area is 140 Å². The Bertz CT molecular complexity index is 224. The number of hydrogen-bond donors (Lipinski definition) is 0. The Hall–Kier alpha value is 0.0569.